The maximum atomic E-state index is 5.92. The Morgan fingerprint density at radius 2 is 2.19 bits per heavy atom. The van der Waals surface area contributed by atoms with Gasteiger partial charge in [-0.25, -0.2) is 0 Å². The van der Waals surface area contributed by atoms with Crippen LogP contribution in [0.2, 0.25) is 5.02 Å². The number of aromatic nitrogens is 1. The fourth-order valence-electron chi connectivity index (χ4n) is 1.43. The van der Waals surface area contributed by atoms with Crippen LogP contribution in [0.3, 0.4) is 0 Å². The van der Waals surface area contributed by atoms with Crippen molar-refractivity contribution in [1.29, 1.82) is 0 Å². The first-order chi connectivity index (χ1) is 7.63. The van der Waals surface area contributed by atoms with Gasteiger partial charge in [-0.1, -0.05) is 16.8 Å². The number of nitrogens with zero attached hydrogens (tertiary/aromatic N) is 1. The molecule has 0 spiro atoms. The number of ether oxygens (including phenoxy) is 1. The third-order valence-corrected chi connectivity index (χ3v) is 2.55. The Morgan fingerprint density at radius 3 is 2.75 bits per heavy atom. The molecule has 0 amide bonds. The molecule has 0 aliphatic carbocycles. The Labute approximate surface area is 97.9 Å². The zero-order valence-corrected chi connectivity index (χ0v) is 9.71. The monoisotopic (exact) mass is 238 g/mol. The van der Waals surface area contributed by atoms with Gasteiger partial charge in [0.1, 0.15) is 17.1 Å². The Hall–Kier alpha value is -1.68. The molecule has 16 heavy (non-hydrogen) atoms. The molecule has 2 aromatic rings. The number of aryl methyl sites for hydroxylation is 1. The number of hydrogen-bond donors (Lipinski definition) is 1. The molecule has 84 valence electrons. The number of methoxy groups -OCH3 is 1. The van der Waals surface area contributed by atoms with Gasteiger partial charge < -0.3 is 15.0 Å². The first kappa shape index (κ1) is 10.8. The number of hydrogen-bond acceptors (Lipinski definition) is 4. The minimum absolute atomic E-state index is 0.483. The first-order valence-corrected chi connectivity index (χ1v) is 5.07. The molecular weight excluding hydrogens is 228 g/mol. The van der Waals surface area contributed by atoms with Crippen LogP contribution in [0.1, 0.15) is 5.69 Å². The maximum Gasteiger partial charge on any atom is 0.193 e. The third kappa shape index (κ3) is 1.72. The van der Waals surface area contributed by atoms with E-state index in [0.29, 0.717) is 33.5 Å². The van der Waals surface area contributed by atoms with E-state index in [9.17, 15) is 0 Å². The summed E-state index contributed by atoms with van der Waals surface area (Å²) in [4.78, 5) is 0. The predicted octanol–water partition coefficient (Wildman–Crippen LogP) is 2.89. The van der Waals surface area contributed by atoms with Crippen molar-refractivity contribution in [2.24, 2.45) is 0 Å². The van der Waals surface area contributed by atoms with Gasteiger partial charge in [-0.2, -0.15) is 0 Å². The van der Waals surface area contributed by atoms with E-state index in [1.165, 1.54) is 0 Å². The Morgan fingerprint density at radius 1 is 1.44 bits per heavy atom. The lowest BCUT2D eigenvalue weighted by Gasteiger charge is -2.06. The van der Waals surface area contributed by atoms with E-state index in [0.717, 1.165) is 0 Å². The van der Waals surface area contributed by atoms with Crippen molar-refractivity contribution in [3.8, 4) is 17.1 Å². The average molecular weight is 239 g/mol. The van der Waals surface area contributed by atoms with E-state index in [1.807, 2.05) is 0 Å². The Kier molecular flexibility index (Phi) is 2.75. The lowest BCUT2D eigenvalue weighted by Crippen LogP contribution is -1.91. The molecule has 2 rings (SSSR count). The van der Waals surface area contributed by atoms with Gasteiger partial charge in [-0.05, 0) is 25.1 Å². The minimum atomic E-state index is 0.483. The molecule has 5 heteroatoms. The van der Waals surface area contributed by atoms with Crippen molar-refractivity contribution < 1.29 is 9.26 Å². The summed E-state index contributed by atoms with van der Waals surface area (Å²) in [6.45, 7) is 1.78. The van der Waals surface area contributed by atoms with Gasteiger partial charge in [0.15, 0.2) is 5.76 Å². The van der Waals surface area contributed by atoms with Crippen molar-refractivity contribution in [2.45, 2.75) is 6.92 Å². The summed E-state index contributed by atoms with van der Waals surface area (Å²) in [7, 11) is 1.58. The normalized spacial score (nSPS) is 10.4. The number of rotatable bonds is 2. The molecule has 1 aromatic heterocycles. The summed E-state index contributed by atoms with van der Waals surface area (Å²) in [5, 5.41) is 4.39. The van der Waals surface area contributed by atoms with Gasteiger partial charge in [-0.3, -0.25) is 0 Å². The van der Waals surface area contributed by atoms with Crippen molar-refractivity contribution >= 4 is 17.3 Å². The number of nitrogen functional groups attached to an aromatic ring is 1. The molecular formula is C11H11ClN2O2. The highest BCUT2D eigenvalue weighted by Gasteiger charge is 2.16. The van der Waals surface area contributed by atoms with E-state index in [4.69, 9.17) is 26.6 Å². The van der Waals surface area contributed by atoms with Crippen LogP contribution in [0.15, 0.2) is 22.7 Å². The lowest BCUT2D eigenvalue weighted by molar-refractivity contribution is 0.405. The van der Waals surface area contributed by atoms with Crippen LogP contribution in [0.5, 0.6) is 5.75 Å². The molecule has 0 saturated carbocycles. The highest BCUT2D eigenvalue weighted by molar-refractivity contribution is 6.31. The van der Waals surface area contributed by atoms with Crippen molar-refractivity contribution in [1.82, 2.24) is 5.16 Å². The van der Waals surface area contributed by atoms with Crippen LogP contribution in [-0.4, -0.2) is 12.3 Å². The van der Waals surface area contributed by atoms with Crippen LogP contribution in [0.25, 0.3) is 11.3 Å². The number of nitrogens with two attached hydrogens (primary N) is 1. The molecule has 0 radical (unpaired) electrons. The first-order valence-electron chi connectivity index (χ1n) is 4.69. The van der Waals surface area contributed by atoms with E-state index in [2.05, 4.69) is 5.16 Å². The summed E-state index contributed by atoms with van der Waals surface area (Å²) < 4.78 is 10.4. The highest BCUT2D eigenvalue weighted by atomic mass is 35.5. The molecule has 0 aliphatic heterocycles. The second-order valence-electron chi connectivity index (χ2n) is 3.36. The van der Waals surface area contributed by atoms with Crippen LogP contribution in [-0.2, 0) is 0 Å². The molecule has 4 nitrogen and oxygen atoms in total. The summed E-state index contributed by atoms with van der Waals surface area (Å²) in [6.07, 6.45) is 0. The summed E-state index contributed by atoms with van der Waals surface area (Å²) in [6, 6.07) is 5.23. The van der Waals surface area contributed by atoms with E-state index < -0.39 is 0 Å². The quantitative estimate of drug-likeness (QED) is 0.874. The van der Waals surface area contributed by atoms with Crippen molar-refractivity contribution in [3.63, 3.8) is 0 Å². The zero-order chi connectivity index (χ0) is 11.7. The van der Waals surface area contributed by atoms with Crippen LogP contribution in [0, 0.1) is 6.92 Å². The summed E-state index contributed by atoms with van der Waals surface area (Å²) >= 11 is 5.92. The molecule has 1 aromatic carbocycles. The minimum Gasteiger partial charge on any atom is -0.496 e. The Bertz CT molecular complexity index is 523. The van der Waals surface area contributed by atoms with E-state index in [-0.39, 0.29) is 0 Å². The van der Waals surface area contributed by atoms with Gasteiger partial charge in [-0.15, -0.1) is 0 Å². The van der Waals surface area contributed by atoms with E-state index in [1.54, 1.807) is 32.2 Å². The largest absolute Gasteiger partial charge is 0.496 e. The van der Waals surface area contributed by atoms with Crippen molar-refractivity contribution in [2.75, 3.05) is 12.8 Å². The maximum absolute atomic E-state index is 5.92. The number of benzene rings is 1. The van der Waals surface area contributed by atoms with Gasteiger partial charge in [0.2, 0.25) is 0 Å². The molecule has 0 atom stereocenters. The smallest absolute Gasteiger partial charge is 0.193 e. The molecule has 2 N–H and O–H groups in total. The number of halogens is 1. The molecule has 0 saturated heterocycles. The molecule has 1 heterocycles. The van der Waals surface area contributed by atoms with Gasteiger partial charge >= 0.3 is 0 Å². The molecule has 0 unspecified atom stereocenters. The third-order valence-electron chi connectivity index (χ3n) is 2.31. The highest BCUT2D eigenvalue weighted by Crippen LogP contribution is 2.36. The second kappa shape index (κ2) is 4.06. The SMILES string of the molecule is COc1ccc(Cl)cc1-c1onc(C)c1N. The lowest BCUT2D eigenvalue weighted by atomic mass is 10.1. The topological polar surface area (TPSA) is 61.3 Å². The molecule has 0 bridgehead atoms. The standard InChI is InChI=1S/C11H11ClN2O2/c1-6-10(13)11(16-14-6)8-5-7(12)3-4-9(8)15-2/h3-5H,13H2,1-2H3. The summed E-state index contributed by atoms with van der Waals surface area (Å²) in [5.74, 6) is 1.13. The van der Waals surface area contributed by atoms with Gasteiger partial charge in [0, 0.05) is 5.02 Å². The van der Waals surface area contributed by atoms with Crippen LogP contribution < -0.4 is 10.5 Å². The second-order valence-corrected chi connectivity index (χ2v) is 3.79. The Balaban J connectivity index is 2.62. The summed E-state index contributed by atoms with van der Waals surface area (Å²) in [5.41, 5.74) is 7.71. The average Bonchev–Trinajstić information content (AvgIpc) is 2.60. The zero-order valence-electron chi connectivity index (χ0n) is 8.95. The van der Waals surface area contributed by atoms with Crippen molar-refractivity contribution in [3.05, 3.63) is 28.9 Å². The van der Waals surface area contributed by atoms with Crippen LogP contribution in [0.4, 0.5) is 5.69 Å². The van der Waals surface area contributed by atoms with Gasteiger partial charge in [0.25, 0.3) is 0 Å². The van der Waals surface area contributed by atoms with Gasteiger partial charge in [0.05, 0.1) is 12.7 Å². The van der Waals surface area contributed by atoms with E-state index >= 15 is 0 Å². The number of anilines is 1. The predicted molar refractivity (Wildman–Crippen MR) is 62.7 cm³/mol. The fourth-order valence-corrected chi connectivity index (χ4v) is 1.60. The molecule has 0 fully saturated rings. The molecule has 0 aliphatic rings. The fraction of sp³-hybridized carbons (Fsp3) is 0.182. The van der Waals surface area contributed by atoms with Crippen LogP contribution >= 0.6 is 11.6 Å².